The van der Waals surface area contributed by atoms with E-state index in [9.17, 15) is 14.4 Å². The fraction of sp³-hybridized carbons (Fsp3) is 0.346. The summed E-state index contributed by atoms with van der Waals surface area (Å²) in [6.45, 7) is 3.79. The van der Waals surface area contributed by atoms with Gasteiger partial charge in [-0.25, -0.2) is 9.97 Å². The van der Waals surface area contributed by atoms with E-state index in [1.165, 1.54) is 0 Å². The standard InChI is InChI=1S/C26H29N7O3/c34-23(30-21-8-3-6-19-5-1-2-7-20(19)21)17-22-25(36)27-11-12-33(22)24(35)18-31-13-15-32(16-14-31)26-28-9-4-10-29-26/h1-10,22H,11-18H2,(H,27,36)(H,30,34). The van der Waals surface area contributed by atoms with Crippen LogP contribution in [0.5, 0.6) is 0 Å². The van der Waals surface area contributed by atoms with Crippen LogP contribution in [0.3, 0.4) is 0 Å². The summed E-state index contributed by atoms with van der Waals surface area (Å²) in [5, 5.41) is 7.67. The molecule has 3 aromatic rings. The number of carbonyl (C=O) groups is 3. The number of hydrogen-bond donors (Lipinski definition) is 2. The van der Waals surface area contributed by atoms with Gasteiger partial charge in [0.25, 0.3) is 0 Å². The van der Waals surface area contributed by atoms with Crippen molar-refractivity contribution in [2.75, 3.05) is 56.0 Å². The first kappa shape index (κ1) is 23.7. The molecule has 2 fully saturated rings. The second-order valence-electron chi connectivity index (χ2n) is 8.98. The van der Waals surface area contributed by atoms with E-state index < -0.39 is 6.04 Å². The quantitative estimate of drug-likeness (QED) is 0.536. The molecule has 1 aromatic heterocycles. The highest BCUT2D eigenvalue weighted by Crippen LogP contribution is 2.23. The monoisotopic (exact) mass is 487 g/mol. The van der Waals surface area contributed by atoms with Crippen LogP contribution in [0.2, 0.25) is 0 Å². The molecule has 3 amide bonds. The maximum atomic E-state index is 13.2. The second kappa shape index (κ2) is 10.7. The molecule has 2 N–H and O–H groups in total. The van der Waals surface area contributed by atoms with Crippen LogP contribution in [0, 0.1) is 0 Å². The largest absolute Gasteiger partial charge is 0.353 e. The summed E-state index contributed by atoms with van der Waals surface area (Å²) in [6, 6.07) is 14.4. The van der Waals surface area contributed by atoms with Crippen LogP contribution < -0.4 is 15.5 Å². The number of benzene rings is 2. The van der Waals surface area contributed by atoms with Gasteiger partial charge >= 0.3 is 0 Å². The average molecular weight is 488 g/mol. The number of carbonyl (C=O) groups excluding carboxylic acids is 3. The molecule has 2 aliphatic rings. The summed E-state index contributed by atoms with van der Waals surface area (Å²) < 4.78 is 0. The zero-order valence-corrected chi connectivity index (χ0v) is 20.0. The summed E-state index contributed by atoms with van der Waals surface area (Å²) in [5.41, 5.74) is 0.687. The fourth-order valence-electron chi connectivity index (χ4n) is 4.77. The first-order valence-corrected chi connectivity index (χ1v) is 12.2. The van der Waals surface area contributed by atoms with E-state index in [-0.39, 0.29) is 30.7 Å². The van der Waals surface area contributed by atoms with Crippen LogP contribution in [0.1, 0.15) is 6.42 Å². The lowest BCUT2D eigenvalue weighted by Crippen LogP contribution is -2.60. The maximum Gasteiger partial charge on any atom is 0.243 e. The molecule has 36 heavy (non-hydrogen) atoms. The molecule has 2 aromatic carbocycles. The Morgan fingerprint density at radius 2 is 1.69 bits per heavy atom. The molecule has 0 radical (unpaired) electrons. The van der Waals surface area contributed by atoms with Crippen molar-refractivity contribution in [1.82, 2.24) is 25.1 Å². The third-order valence-corrected chi connectivity index (χ3v) is 6.66. The average Bonchev–Trinajstić information content (AvgIpc) is 2.91. The molecule has 1 atom stereocenters. The van der Waals surface area contributed by atoms with Crippen LogP contribution in [-0.2, 0) is 14.4 Å². The molecule has 0 aliphatic carbocycles. The van der Waals surface area contributed by atoms with Gasteiger partial charge in [-0.05, 0) is 17.5 Å². The highest BCUT2D eigenvalue weighted by Gasteiger charge is 2.35. The van der Waals surface area contributed by atoms with Gasteiger partial charge in [-0.1, -0.05) is 36.4 Å². The Morgan fingerprint density at radius 3 is 2.50 bits per heavy atom. The molecule has 5 rings (SSSR count). The van der Waals surface area contributed by atoms with Crippen molar-refractivity contribution >= 4 is 40.1 Å². The van der Waals surface area contributed by atoms with E-state index in [0.29, 0.717) is 50.9 Å². The summed E-state index contributed by atoms with van der Waals surface area (Å²) in [6.07, 6.45) is 3.34. The molecule has 186 valence electrons. The van der Waals surface area contributed by atoms with E-state index >= 15 is 0 Å². The summed E-state index contributed by atoms with van der Waals surface area (Å²) in [7, 11) is 0. The van der Waals surface area contributed by atoms with Crippen LogP contribution in [0.4, 0.5) is 11.6 Å². The van der Waals surface area contributed by atoms with Crippen LogP contribution >= 0.6 is 0 Å². The number of hydrogen-bond acceptors (Lipinski definition) is 7. The van der Waals surface area contributed by atoms with Gasteiger partial charge in [-0.15, -0.1) is 0 Å². The minimum atomic E-state index is -0.833. The predicted octanol–water partition coefficient (Wildman–Crippen LogP) is 1.11. The Kier molecular flexibility index (Phi) is 7.03. The third kappa shape index (κ3) is 5.28. The van der Waals surface area contributed by atoms with Gasteiger partial charge in [-0.3, -0.25) is 19.3 Å². The second-order valence-corrected chi connectivity index (χ2v) is 8.98. The Bertz CT molecular complexity index is 1240. The number of rotatable bonds is 6. The van der Waals surface area contributed by atoms with Crippen molar-refractivity contribution in [2.45, 2.75) is 12.5 Å². The molecule has 2 saturated heterocycles. The zero-order valence-electron chi connectivity index (χ0n) is 20.0. The first-order valence-electron chi connectivity index (χ1n) is 12.2. The van der Waals surface area contributed by atoms with Crippen LogP contribution in [0.15, 0.2) is 60.9 Å². The Balaban J connectivity index is 1.20. The van der Waals surface area contributed by atoms with Crippen molar-refractivity contribution in [3.63, 3.8) is 0 Å². The van der Waals surface area contributed by atoms with Gasteiger partial charge in [0.1, 0.15) is 6.04 Å². The van der Waals surface area contributed by atoms with E-state index in [2.05, 4.69) is 30.4 Å². The van der Waals surface area contributed by atoms with Gasteiger partial charge in [0, 0.05) is 62.7 Å². The molecule has 1 unspecified atom stereocenters. The summed E-state index contributed by atoms with van der Waals surface area (Å²) in [5.74, 6) is -0.0536. The molecule has 0 saturated carbocycles. The lowest BCUT2D eigenvalue weighted by Gasteiger charge is -2.38. The van der Waals surface area contributed by atoms with Crippen LogP contribution in [0.25, 0.3) is 10.8 Å². The lowest BCUT2D eigenvalue weighted by atomic mass is 10.1. The smallest absolute Gasteiger partial charge is 0.243 e. The summed E-state index contributed by atoms with van der Waals surface area (Å²) >= 11 is 0. The lowest BCUT2D eigenvalue weighted by molar-refractivity contribution is -0.145. The Hall–Kier alpha value is -4.05. The molecular formula is C26H29N7O3. The molecule has 0 spiro atoms. The minimum absolute atomic E-state index is 0.0973. The number of anilines is 2. The number of nitrogens with zero attached hydrogens (tertiary/aromatic N) is 5. The Labute approximate surface area is 209 Å². The van der Waals surface area contributed by atoms with Crippen molar-refractivity contribution in [3.05, 3.63) is 60.9 Å². The first-order chi connectivity index (χ1) is 17.6. The fourth-order valence-corrected chi connectivity index (χ4v) is 4.77. The molecule has 10 nitrogen and oxygen atoms in total. The number of piperazine rings is 2. The zero-order chi connectivity index (χ0) is 24.9. The number of nitrogens with one attached hydrogen (secondary N) is 2. The van der Waals surface area contributed by atoms with Crippen molar-refractivity contribution in [2.24, 2.45) is 0 Å². The molecule has 0 bridgehead atoms. The number of aromatic nitrogens is 2. The molecule has 2 aliphatic heterocycles. The van der Waals surface area contributed by atoms with E-state index in [4.69, 9.17) is 0 Å². The van der Waals surface area contributed by atoms with Crippen molar-refractivity contribution < 1.29 is 14.4 Å². The highest BCUT2D eigenvalue weighted by atomic mass is 16.2. The Morgan fingerprint density at radius 1 is 0.944 bits per heavy atom. The van der Waals surface area contributed by atoms with Gasteiger partial charge in [0.15, 0.2) is 0 Å². The van der Waals surface area contributed by atoms with E-state index in [1.54, 1.807) is 23.4 Å². The van der Waals surface area contributed by atoms with Crippen molar-refractivity contribution in [1.29, 1.82) is 0 Å². The molecule has 10 heteroatoms. The SMILES string of the molecule is O=C(CC1C(=O)NCCN1C(=O)CN1CCN(c2ncccn2)CC1)Nc1cccc2ccccc12. The minimum Gasteiger partial charge on any atom is -0.353 e. The number of amides is 3. The highest BCUT2D eigenvalue weighted by molar-refractivity contribution is 6.04. The number of fused-ring (bicyclic) bond motifs is 1. The normalized spacial score (nSPS) is 18.7. The third-order valence-electron chi connectivity index (χ3n) is 6.66. The van der Waals surface area contributed by atoms with Crippen molar-refractivity contribution in [3.8, 4) is 0 Å². The molecule has 3 heterocycles. The van der Waals surface area contributed by atoms with Crippen LogP contribution in [-0.4, -0.2) is 89.3 Å². The molecular weight excluding hydrogens is 458 g/mol. The van der Waals surface area contributed by atoms with Gasteiger partial charge in [-0.2, -0.15) is 0 Å². The maximum absolute atomic E-state index is 13.2. The predicted molar refractivity (Wildman–Crippen MR) is 136 cm³/mol. The summed E-state index contributed by atoms with van der Waals surface area (Å²) in [4.78, 5) is 53.1. The van der Waals surface area contributed by atoms with Gasteiger partial charge in [0.05, 0.1) is 13.0 Å². The van der Waals surface area contributed by atoms with Gasteiger partial charge in [0.2, 0.25) is 23.7 Å². The topological polar surface area (TPSA) is 111 Å². The van der Waals surface area contributed by atoms with E-state index in [1.807, 2.05) is 42.5 Å². The van der Waals surface area contributed by atoms with E-state index in [0.717, 1.165) is 10.8 Å². The van der Waals surface area contributed by atoms with Gasteiger partial charge < -0.3 is 20.4 Å².